The van der Waals surface area contributed by atoms with Gasteiger partial charge >= 0.3 is 0 Å². The van der Waals surface area contributed by atoms with Crippen LogP contribution in [0.4, 0.5) is 0 Å². The number of aromatic nitrogens is 2. The van der Waals surface area contributed by atoms with Crippen LogP contribution in [-0.2, 0) is 32.2 Å². The molecule has 5 heteroatoms. The third-order valence-electron chi connectivity index (χ3n) is 7.00. The number of carbonyl (C=O) groups excluding carboxylic acids is 1. The van der Waals surface area contributed by atoms with Crippen LogP contribution in [-0.4, -0.2) is 45.8 Å². The average Bonchev–Trinajstić information content (AvgIpc) is 3.45. The number of rotatable bonds is 5. The number of carbonyl (C=O) groups is 1. The highest BCUT2D eigenvalue weighted by atomic mass is 16.2. The Labute approximate surface area is 179 Å². The topological polar surface area (TPSA) is 50.2 Å². The first-order chi connectivity index (χ1) is 14.6. The van der Waals surface area contributed by atoms with Crippen LogP contribution < -0.4 is 5.32 Å². The summed E-state index contributed by atoms with van der Waals surface area (Å²) in [4.78, 5) is 15.3. The first-order valence-corrected chi connectivity index (χ1v) is 11.8. The number of hydrogen-bond donors (Lipinski definition) is 1. The molecule has 2 heterocycles. The molecule has 1 amide bonds. The lowest BCUT2D eigenvalue weighted by atomic mass is 9.90. The second kappa shape index (κ2) is 8.18. The van der Waals surface area contributed by atoms with Crippen LogP contribution in [0.25, 0.3) is 0 Å². The van der Waals surface area contributed by atoms with E-state index in [0.29, 0.717) is 18.0 Å². The van der Waals surface area contributed by atoms with E-state index in [4.69, 9.17) is 5.10 Å². The van der Waals surface area contributed by atoms with Crippen molar-refractivity contribution in [2.24, 2.45) is 5.92 Å². The molecule has 1 fully saturated rings. The summed E-state index contributed by atoms with van der Waals surface area (Å²) < 4.78 is 2.14. The monoisotopic (exact) mass is 406 g/mol. The molecule has 1 aliphatic heterocycles. The van der Waals surface area contributed by atoms with E-state index < -0.39 is 0 Å². The maximum atomic E-state index is 13.2. The lowest BCUT2D eigenvalue weighted by molar-refractivity contribution is 0.0784. The zero-order chi connectivity index (χ0) is 20.7. The molecule has 1 atom stereocenters. The first kappa shape index (κ1) is 19.8. The third-order valence-corrected chi connectivity index (χ3v) is 7.00. The number of benzene rings is 1. The minimum Gasteiger partial charge on any atom is -0.337 e. The van der Waals surface area contributed by atoms with Crippen LogP contribution in [0.5, 0.6) is 0 Å². The van der Waals surface area contributed by atoms with E-state index in [9.17, 15) is 4.79 Å². The second-order valence-electron chi connectivity index (χ2n) is 9.83. The van der Waals surface area contributed by atoms with Crippen molar-refractivity contribution in [1.82, 2.24) is 20.0 Å². The molecule has 2 aromatic rings. The molecule has 30 heavy (non-hydrogen) atoms. The number of nitrogens with one attached hydrogen (secondary N) is 1. The minimum absolute atomic E-state index is 0.153. The Kier molecular flexibility index (Phi) is 5.40. The molecular weight excluding hydrogens is 372 g/mol. The van der Waals surface area contributed by atoms with E-state index in [2.05, 4.69) is 48.1 Å². The zero-order valence-corrected chi connectivity index (χ0v) is 18.4. The first-order valence-electron chi connectivity index (χ1n) is 11.8. The Morgan fingerprint density at radius 2 is 1.80 bits per heavy atom. The summed E-state index contributed by atoms with van der Waals surface area (Å²) in [5.41, 5.74) is 6.22. The quantitative estimate of drug-likeness (QED) is 0.828. The van der Waals surface area contributed by atoms with Crippen LogP contribution in [0.2, 0.25) is 0 Å². The van der Waals surface area contributed by atoms with Gasteiger partial charge in [0.15, 0.2) is 5.69 Å². The maximum Gasteiger partial charge on any atom is 0.274 e. The summed E-state index contributed by atoms with van der Waals surface area (Å²) in [6.07, 6.45) is 7.54. The predicted molar refractivity (Wildman–Crippen MR) is 119 cm³/mol. The van der Waals surface area contributed by atoms with Crippen molar-refractivity contribution < 1.29 is 4.79 Å². The van der Waals surface area contributed by atoms with Crippen LogP contribution >= 0.6 is 0 Å². The molecule has 1 saturated heterocycles. The fourth-order valence-electron chi connectivity index (χ4n) is 5.58. The highest BCUT2D eigenvalue weighted by Gasteiger charge is 2.33. The highest BCUT2D eigenvalue weighted by molar-refractivity contribution is 5.94. The molecule has 0 bridgehead atoms. The van der Waals surface area contributed by atoms with Crippen molar-refractivity contribution in [2.45, 2.75) is 77.4 Å². The average molecular weight is 407 g/mol. The Balaban J connectivity index is 1.35. The summed E-state index contributed by atoms with van der Waals surface area (Å²) in [6, 6.07) is 9.76. The van der Waals surface area contributed by atoms with Crippen LogP contribution in [0.3, 0.4) is 0 Å². The van der Waals surface area contributed by atoms with Crippen molar-refractivity contribution in [3.63, 3.8) is 0 Å². The van der Waals surface area contributed by atoms with Crippen LogP contribution in [0.1, 0.15) is 66.0 Å². The molecule has 0 radical (unpaired) electrons. The standard InChI is InChI=1S/C25H34N4O/c1-17(2)16-29-23-10-9-20(26-21-13-18-7-3-4-8-19(18)14-21)15-22(23)24(27-29)25(30)28-11-5-6-12-28/h3-4,7-8,17,20-21,26H,5-6,9-16H2,1-2H3/t20-/m0/s1. The molecule has 0 saturated carbocycles. The van der Waals surface area contributed by atoms with E-state index in [0.717, 1.165) is 70.3 Å². The summed E-state index contributed by atoms with van der Waals surface area (Å²) >= 11 is 0. The Morgan fingerprint density at radius 3 is 2.47 bits per heavy atom. The molecule has 5 nitrogen and oxygen atoms in total. The van der Waals surface area contributed by atoms with Crippen molar-refractivity contribution in [3.8, 4) is 0 Å². The normalized spacial score (nSPS) is 21.3. The van der Waals surface area contributed by atoms with Gasteiger partial charge in [-0.3, -0.25) is 9.48 Å². The number of likely N-dealkylation sites (tertiary alicyclic amines) is 1. The Hall–Kier alpha value is -2.14. The van der Waals surface area contributed by atoms with Crippen LogP contribution in [0.15, 0.2) is 24.3 Å². The van der Waals surface area contributed by atoms with Gasteiger partial charge in [-0.05, 0) is 62.0 Å². The molecule has 0 unspecified atom stereocenters. The molecule has 0 spiro atoms. The zero-order valence-electron chi connectivity index (χ0n) is 18.4. The number of hydrogen-bond acceptors (Lipinski definition) is 3. The summed E-state index contributed by atoms with van der Waals surface area (Å²) in [7, 11) is 0. The molecule has 160 valence electrons. The molecule has 1 aromatic heterocycles. The fraction of sp³-hybridized carbons (Fsp3) is 0.600. The van der Waals surface area contributed by atoms with Crippen molar-refractivity contribution in [2.75, 3.05) is 13.1 Å². The maximum absolute atomic E-state index is 13.2. The van der Waals surface area contributed by atoms with Gasteiger partial charge in [-0.25, -0.2) is 0 Å². The Bertz CT molecular complexity index is 900. The van der Waals surface area contributed by atoms with Gasteiger partial charge in [0.05, 0.1) is 0 Å². The molecular formula is C25H34N4O. The van der Waals surface area contributed by atoms with E-state index >= 15 is 0 Å². The van der Waals surface area contributed by atoms with E-state index in [-0.39, 0.29) is 5.91 Å². The largest absolute Gasteiger partial charge is 0.337 e. The van der Waals surface area contributed by atoms with Gasteiger partial charge in [0.1, 0.15) is 0 Å². The lowest BCUT2D eigenvalue weighted by Crippen LogP contribution is -2.42. The van der Waals surface area contributed by atoms with Crippen molar-refractivity contribution >= 4 is 5.91 Å². The summed E-state index contributed by atoms with van der Waals surface area (Å²) in [5, 5.41) is 8.80. The van der Waals surface area contributed by atoms with Gasteiger partial charge in [0, 0.05) is 43.0 Å². The smallest absolute Gasteiger partial charge is 0.274 e. The number of amides is 1. The van der Waals surface area contributed by atoms with Crippen molar-refractivity contribution in [1.29, 1.82) is 0 Å². The van der Waals surface area contributed by atoms with Gasteiger partial charge in [0.25, 0.3) is 5.91 Å². The van der Waals surface area contributed by atoms with E-state index in [1.165, 1.54) is 22.4 Å². The number of nitrogens with zero attached hydrogens (tertiary/aromatic N) is 3. The second-order valence-corrected chi connectivity index (χ2v) is 9.83. The predicted octanol–water partition coefficient (Wildman–Crippen LogP) is 3.39. The molecule has 3 aliphatic rings. The van der Waals surface area contributed by atoms with E-state index in [1.54, 1.807) is 0 Å². The fourth-order valence-corrected chi connectivity index (χ4v) is 5.58. The minimum atomic E-state index is 0.153. The third kappa shape index (κ3) is 3.80. The van der Waals surface area contributed by atoms with Gasteiger partial charge in [-0.2, -0.15) is 5.10 Å². The Morgan fingerprint density at radius 1 is 1.10 bits per heavy atom. The van der Waals surface area contributed by atoms with Gasteiger partial charge in [-0.1, -0.05) is 38.1 Å². The van der Waals surface area contributed by atoms with Crippen LogP contribution in [0, 0.1) is 5.92 Å². The van der Waals surface area contributed by atoms with Gasteiger partial charge in [0.2, 0.25) is 0 Å². The summed E-state index contributed by atoms with van der Waals surface area (Å²) in [5.74, 6) is 0.678. The molecule has 1 aromatic carbocycles. The molecule has 1 N–H and O–H groups in total. The lowest BCUT2D eigenvalue weighted by Gasteiger charge is -2.28. The molecule has 5 rings (SSSR count). The number of fused-ring (bicyclic) bond motifs is 2. The van der Waals surface area contributed by atoms with Gasteiger partial charge in [-0.15, -0.1) is 0 Å². The SMILES string of the molecule is CC(C)Cn1nc(C(=O)N2CCCC2)c2c1CC[C@H](NC1Cc3ccccc3C1)C2. The highest BCUT2D eigenvalue weighted by Crippen LogP contribution is 2.29. The van der Waals surface area contributed by atoms with Crippen molar-refractivity contribution in [3.05, 3.63) is 52.3 Å². The molecule has 2 aliphatic carbocycles. The van der Waals surface area contributed by atoms with E-state index in [1.807, 2.05) is 4.90 Å². The van der Waals surface area contributed by atoms with Gasteiger partial charge < -0.3 is 10.2 Å². The summed E-state index contributed by atoms with van der Waals surface area (Å²) in [6.45, 7) is 7.10.